The van der Waals surface area contributed by atoms with Crippen LogP contribution >= 0.6 is 11.6 Å². The van der Waals surface area contributed by atoms with Gasteiger partial charge in [-0.2, -0.15) is 0 Å². The summed E-state index contributed by atoms with van der Waals surface area (Å²) in [4.78, 5) is 45.1. The summed E-state index contributed by atoms with van der Waals surface area (Å²) in [5.41, 5.74) is 2.76. The summed E-state index contributed by atoms with van der Waals surface area (Å²) in [5, 5.41) is 0.516. The van der Waals surface area contributed by atoms with Crippen LogP contribution in [0.2, 0.25) is 5.02 Å². The lowest BCUT2D eigenvalue weighted by molar-refractivity contribution is -0.123. The number of hydrogen-bond donors (Lipinski definition) is 0. The molecule has 7 rings (SSSR count). The number of halogens is 1. The smallest absolute Gasteiger partial charge is 0.240 e. The second kappa shape index (κ2) is 8.21. The number of carbonyl (C=O) groups excluding carboxylic acids is 3. The van der Waals surface area contributed by atoms with Gasteiger partial charge in [0.1, 0.15) is 19.3 Å². The lowest BCUT2D eigenvalue weighted by atomic mass is 9.83. The third-order valence-corrected chi connectivity index (χ3v) is 7.89. The average molecular weight is 513 g/mol. The zero-order valence-electron chi connectivity index (χ0n) is 19.5. The highest BCUT2D eigenvalue weighted by atomic mass is 35.5. The van der Waals surface area contributed by atoms with E-state index in [1.165, 1.54) is 4.90 Å². The molecule has 7 nitrogen and oxygen atoms in total. The van der Waals surface area contributed by atoms with Gasteiger partial charge in [0.2, 0.25) is 11.8 Å². The molecule has 0 bridgehead atoms. The van der Waals surface area contributed by atoms with Gasteiger partial charge in [-0.3, -0.25) is 14.4 Å². The fourth-order valence-corrected chi connectivity index (χ4v) is 6.19. The van der Waals surface area contributed by atoms with Crippen LogP contribution in [0.5, 0.6) is 11.5 Å². The van der Waals surface area contributed by atoms with Crippen LogP contribution in [0, 0.1) is 11.8 Å². The van der Waals surface area contributed by atoms with Crippen LogP contribution in [0.25, 0.3) is 6.08 Å². The molecule has 0 spiro atoms. The molecule has 0 aromatic heterocycles. The minimum absolute atomic E-state index is 0.219. The molecule has 0 radical (unpaired) electrons. The number of nitrogens with zero attached hydrogens (tertiary/aromatic N) is 2. The van der Waals surface area contributed by atoms with E-state index in [1.807, 2.05) is 41.4 Å². The zero-order valence-corrected chi connectivity index (χ0v) is 20.3. The Bertz CT molecular complexity index is 1500. The van der Waals surface area contributed by atoms with Gasteiger partial charge >= 0.3 is 0 Å². The number of ketones is 1. The van der Waals surface area contributed by atoms with Crippen LogP contribution in [-0.2, 0) is 9.59 Å². The number of Topliss-reactive ketones (excluding diaryl/α,β-unsaturated/α-hetero) is 1. The van der Waals surface area contributed by atoms with Crippen molar-refractivity contribution >= 4 is 41.0 Å². The number of hydrogen-bond acceptors (Lipinski definition) is 6. The van der Waals surface area contributed by atoms with Gasteiger partial charge in [0, 0.05) is 22.9 Å². The van der Waals surface area contributed by atoms with Crippen molar-refractivity contribution in [3.05, 3.63) is 94.6 Å². The zero-order chi connectivity index (χ0) is 25.3. The normalized spacial score (nSPS) is 25.1. The first-order valence-electron chi connectivity index (χ1n) is 12.1. The van der Waals surface area contributed by atoms with Crippen LogP contribution in [0.1, 0.15) is 27.5 Å². The number of rotatable bonds is 3. The first kappa shape index (κ1) is 22.1. The van der Waals surface area contributed by atoms with Crippen LogP contribution < -0.4 is 14.4 Å². The van der Waals surface area contributed by atoms with E-state index in [0.29, 0.717) is 41.0 Å². The Hall–Kier alpha value is -4.10. The van der Waals surface area contributed by atoms with Gasteiger partial charge < -0.3 is 14.4 Å². The van der Waals surface area contributed by atoms with Crippen molar-refractivity contribution in [3.8, 4) is 11.5 Å². The molecule has 1 unspecified atom stereocenters. The van der Waals surface area contributed by atoms with Gasteiger partial charge in [-0.15, -0.1) is 0 Å². The molecule has 3 aromatic carbocycles. The van der Waals surface area contributed by atoms with Crippen molar-refractivity contribution in [2.75, 3.05) is 18.1 Å². The van der Waals surface area contributed by atoms with Crippen LogP contribution in [0.15, 0.2) is 72.9 Å². The topological polar surface area (TPSA) is 76.1 Å². The highest BCUT2D eigenvalue weighted by molar-refractivity contribution is 6.30. The summed E-state index contributed by atoms with van der Waals surface area (Å²) in [7, 11) is 0. The highest BCUT2D eigenvalue weighted by Crippen LogP contribution is 2.54. The second-order valence-electron chi connectivity index (χ2n) is 9.54. The van der Waals surface area contributed by atoms with Crippen molar-refractivity contribution in [1.82, 2.24) is 4.90 Å². The van der Waals surface area contributed by atoms with Crippen LogP contribution in [-0.4, -0.2) is 41.8 Å². The summed E-state index contributed by atoms with van der Waals surface area (Å²) in [5.74, 6) is -1.43. The molecule has 8 heteroatoms. The third kappa shape index (κ3) is 3.23. The van der Waals surface area contributed by atoms with E-state index >= 15 is 0 Å². The molecular weight excluding hydrogens is 492 g/mol. The van der Waals surface area contributed by atoms with Gasteiger partial charge in [-0.25, -0.2) is 4.90 Å². The molecule has 0 saturated carbocycles. The quantitative estimate of drug-likeness (QED) is 0.380. The molecule has 37 heavy (non-hydrogen) atoms. The molecule has 4 aliphatic heterocycles. The molecule has 2 amide bonds. The number of imide groups is 1. The van der Waals surface area contributed by atoms with E-state index in [0.717, 1.165) is 11.1 Å². The summed E-state index contributed by atoms with van der Waals surface area (Å²) >= 11 is 6.05. The Balaban J connectivity index is 1.35. The molecule has 4 aliphatic rings. The van der Waals surface area contributed by atoms with Crippen molar-refractivity contribution < 1.29 is 23.9 Å². The first-order chi connectivity index (χ1) is 18.0. The maximum Gasteiger partial charge on any atom is 0.240 e. The predicted octanol–water partition coefficient (Wildman–Crippen LogP) is 4.51. The Morgan fingerprint density at radius 2 is 1.59 bits per heavy atom. The Labute approximate surface area is 217 Å². The fourth-order valence-electron chi connectivity index (χ4n) is 6.07. The van der Waals surface area contributed by atoms with E-state index in [2.05, 4.69) is 0 Å². The summed E-state index contributed by atoms with van der Waals surface area (Å²) < 4.78 is 11.3. The van der Waals surface area contributed by atoms with Crippen molar-refractivity contribution in [2.24, 2.45) is 11.8 Å². The Kier molecular flexibility index (Phi) is 4.91. The number of carbonyl (C=O) groups is 3. The summed E-state index contributed by atoms with van der Waals surface area (Å²) in [6.45, 7) is 0.832. The van der Waals surface area contributed by atoms with Crippen molar-refractivity contribution in [3.63, 3.8) is 0 Å². The molecule has 4 heterocycles. The van der Waals surface area contributed by atoms with E-state index in [-0.39, 0.29) is 17.6 Å². The molecule has 3 aromatic rings. The molecule has 2 saturated heterocycles. The minimum Gasteiger partial charge on any atom is -0.486 e. The lowest BCUT2D eigenvalue weighted by Crippen LogP contribution is -2.44. The number of anilines is 1. The molecule has 184 valence electrons. The van der Waals surface area contributed by atoms with E-state index in [4.69, 9.17) is 21.1 Å². The number of amides is 2. The maximum absolute atomic E-state index is 14.0. The molecule has 2 fully saturated rings. The SMILES string of the molecule is O=C(c1ccc(Cl)cc1)[C@@H]1[C@@H]2C(=O)N(c3ccc4c(c3)OCCO4)C(=O)[C@@H]2C2c3ccccc3C=CN21. The third-order valence-electron chi connectivity index (χ3n) is 7.64. The standard InChI is InChI=1S/C29H21ClN2O5/c30-18-7-5-17(6-8-18)27(33)26-24-23(25-20-4-2-1-3-16(20)11-12-31(25)26)28(34)32(29(24)35)19-9-10-21-22(15-19)37-14-13-36-21/h1-12,15,23-26H,13-14H2/t23-,24+,25?,26-/m0/s1. The van der Waals surface area contributed by atoms with Gasteiger partial charge in [-0.05, 0) is 53.6 Å². The van der Waals surface area contributed by atoms with Gasteiger partial charge in [0.15, 0.2) is 17.3 Å². The molecular formula is C29H21ClN2O5. The molecule has 4 atom stereocenters. The van der Waals surface area contributed by atoms with Crippen molar-refractivity contribution in [1.29, 1.82) is 0 Å². The van der Waals surface area contributed by atoms with Gasteiger partial charge in [0.25, 0.3) is 0 Å². The Morgan fingerprint density at radius 3 is 2.41 bits per heavy atom. The van der Waals surface area contributed by atoms with Crippen LogP contribution in [0.4, 0.5) is 5.69 Å². The minimum atomic E-state index is -0.843. The highest BCUT2D eigenvalue weighted by Gasteiger charge is 2.64. The van der Waals surface area contributed by atoms with Gasteiger partial charge in [-0.1, -0.05) is 35.9 Å². The summed E-state index contributed by atoms with van der Waals surface area (Å²) in [6.07, 6.45) is 3.78. The number of benzene rings is 3. The van der Waals surface area contributed by atoms with Crippen molar-refractivity contribution in [2.45, 2.75) is 12.1 Å². The van der Waals surface area contributed by atoms with E-state index < -0.39 is 23.9 Å². The van der Waals surface area contributed by atoms with E-state index in [9.17, 15) is 14.4 Å². The predicted molar refractivity (Wildman–Crippen MR) is 137 cm³/mol. The molecule has 0 aliphatic carbocycles. The van der Waals surface area contributed by atoms with Gasteiger partial charge in [0.05, 0.1) is 23.6 Å². The fraction of sp³-hybridized carbons (Fsp3) is 0.207. The average Bonchev–Trinajstić information content (AvgIpc) is 3.40. The largest absolute Gasteiger partial charge is 0.486 e. The monoisotopic (exact) mass is 512 g/mol. The molecule has 0 N–H and O–H groups in total. The summed E-state index contributed by atoms with van der Waals surface area (Å²) in [6, 6.07) is 18.2. The van der Waals surface area contributed by atoms with Crippen LogP contribution in [0.3, 0.4) is 0 Å². The van der Waals surface area contributed by atoms with E-state index in [1.54, 1.807) is 42.5 Å². The second-order valence-corrected chi connectivity index (χ2v) is 9.98. The Morgan fingerprint density at radius 1 is 0.865 bits per heavy atom. The number of ether oxygens (including phenoxy) is 2. The maximum atomic E-state index is 14.0. The first-order valence-corrected chi connectivity index (χ1v) is 12.5. The lowest BCUT2D eigenvalue weighted by Gasteiger charge is -2.35. The number of fused-ring (bicyclic) bond motifs is 6.